The maximum atomic E-state index is 5.39. The largest absolute Gasteiger partial charge is 0.381 e. The third-order valence-electron chi connectivity index (χ3n) is 3.78. The minimum absolute atomic E-state index is 0.374. The molecular weight excluding hydrogens is 246 g/mol. The summed E-state index contributed by atoms with van der Waals surface area (Å²) in [7, 11) is 2.00. The van der Waals surface area contributed by atoms with Crippen LogP contribution in [0.3, 0.4) is 0 Å². The molecule has 4 nitrogen and oxygen atoms in total. The van der Waals surface area contributed by atoms with E-state index in [0.717, 1.165) is 31.2 Å². The average molecular weight is 269 g/mol. The lowest BCUT2D eigenvalue weighted by molar-refractivity contribution is 0.0630. The van der Waals surface area contributed by atoms with Gasteiger partial charge in [-0.1, -0.05) is 19.3 Å². The molecule has 102 valence electrons. The molecule has 1 aromatic rings. The van der Waals surface area contributed by atoms with Crippen molar-refractivity contribution in [2.24, 2.45) is 5.92 Å². The molecule has 1 aliphatic rings. The van der Waals surface area contributed by atoms with Crippen LogP contribution in [0.25, 0.3) is 0 Å². The lowest BCUT2D eigenvalue weighted by atomic mass is 9.93. The van der Waals surface area contributed by atoms with Crippen LogP contribution in [-0.2, 0) is 4.74 Å². The molecule has 1 aliphatic heterocycles. The Morgan fingerprint density at radius 1 is 1.44 bits per heavy atom. The summed E-state index contributed by atoms with van der Waals surface area (Å²) < 4.78 is 13.8. The average Bonchev–Trinajstić information content (AvgIpc) is 2.94. The Morgan fingerprint density at radius 2 is 2.28 bits per heavy atom. The Labute approximate surface area is 113 Å². The van der Waals surface area contributed by atoms with E-state index in [1.165, 1.54) is 43.8 Å². The van der Waals surface area contributed by atoms with Gasteiger partial charge in [-0.15, -0.1) is 0 Å². The normalized spacial score (nSPS) is 18.9. The fraction of sp³-hybridized carbons (Fsp3) is 0.846. The highest BCUT2D eigenvalue weighted by molar-refractivity contribution is 6.99. The van der Waals surface area contributed by atoms with E-state index in [1.54, 1.807) is 0 Å². The van der Waals surface area contributed by atoms with Gasteiger partial charge in [-0.3, -0.25) is 0 Å². The first-order valence-electron chi connectivity index (χ1n) is 6.92. The van der Waals surface area contributed by atoms with Gasteiger partial charge < -0.3 is 10.1 Å². The SMILES string of the molecule is CNC(CCCCC1CCOCC1)c1cnsn1. The predicted molar refractivity (Wildman–Crippen MR) is 73.7 cm³/mol. The summed E-state index contributed by atoms with van der Waals surface area (Å²) in [5.74, 6) is 0.896. The molecule has 0 spiro atoms. The van der Waals surface area contributed by atoms with Crippen molar-refractivity contribution in [1.82, 2.24) is 14.1 Å². The van der Waals surface area contributed by atoms with Gasteiger partial charge in [0.05, 0.1) is 29.7 Å². The van der Waals surface area contributed by atoms with E-state index in [2.05, 4.69) is 14.1 Å². The van der Waals surface area contributed by atoms with Crippen LogP contribution in [0.15, 0.2) is 6.20 Å². The first-order chi connectivity index (χ1) is 8.90. The third-order valence-corrected chi connectivity index (χ3v) is 4.27. The van der Waals surface area contributed by atoms with Crippen LogP contribution in [0.2, 0.25) is 0 Å². The van der Waals surface area contributed by atoms with Gasteiger partial charge in [-0.05, 0) is 32.2 Å². The molecule has 0 bridgehead atoms. The minimum atomic E-state index is 0.374. The maximum absolute atomic E-state index is 5.39. The number of rotatable bonds is 7. The molecule has 0 aliphatic carbocycles. The summed E-state index contributed by atoms with van der Waals surface area (Å²) in [6.07, 6.45) is 9.49. The molecule has 1 aromatic heterocycles. The number of nitrogens with zero attached hydrogens (tertiary/aromatic N) is 2. The van der Waals surface area contributed by atoms with Crippen LogP contribution >= 0.6 is 11.7 Å². The second-order valence-electron chi connectivity index (χ2n) is 5.01. The van der Waals surface area contributed by atoms with E-state index in [1.807, 2.05) is 13.2 Å². The Balaban J connectivity index is 1.61. The van der Waals surface area contributed by atoms with Crippen molar-refractivity contribution in [3.63, 3.8) is 0 Å². The fourth-order valence-electron chi connectivity index (χ4n) is 2.58. The topological polar surface area (TPSA) is 47.0 Å². The number of aromatic nitrogens is 2. The highest BCUT2D eigenvalue weighted by Gasteiger charge is 2.15. The van der Waals surface area contributed by atoms with E-state index in [4.69, 9.17) is 4.74 Å². The van der Waals surface area contributed by atoms with Crippen LogP contribution in [0.4, 0.5) is 0 Å². The molecule has 1 N–H and O–H groups in total. The van der Waals surface area contributed by atoms with E-state index in [-0.39, 0.29) is 0 Å². The first-order valence-corrected chi connectivity index (χ1v) is 7.65. The highest BCUT2D eigenvalue weighted by atomic mass is 32.1. The van der Waals surface area contributed by atoms with Crippen LogP contribution in [-0.4, -0.2) is 29.0 Å². The smallest absolute Gasteiger partial charge is 0.0912 e. The third kappa shape index (κ3) is 4.30. The van der Waals surface area contributed by atoms with E-state index >= 15 is 0 Å². The lowest BCUT2D eigenvalue weighted by Gasteiger charge is -2.22. The summed E-state index contributed by atoms with van der Waals surface area (Å²) >= 11 is 1.29. The molecule has 2 heterocycles. The molecular formula is C13H23N3OS. The molecule has 0 amide bonds. The minimum Gasteiger partial charge on any atom is -0.381 e. The van der Waals surface area contributed by atoms with E-state index < -0.39 is 0 Å². The van der Waals surface area contributed by atoms with Crippen LogP contribution in [0.1, 0.15) is 50.3 Å². The number of hydrogen-bond acceptors (Lipinski definition) is 5. The molecule has 2 rings (SSSR count). The summed E-state index contributed by atoms with van der Waals surface area (Å²) in [5, 5.41) is 3.33. The lowest BCUT2D eigenvalue weighted by Crippen LogP contribution is -2.17. The zero-order valence-corrected chi connectivity index (χ0v) is 11.9. The van der Waals surface area contributed by atoms with Crippen molar-refractivity contribution in [3.8, 4) is 0 Å². The van der Waals surface area contributed by atoms with E-state index in [9.17, 15) is 0 Å². The molecule has 0 radical (unpaired) electrons. The summed E-state index contributed by atoms with van der Waals surface area (Å²) in [6, 6.07) is 0.374. The molecule has 0 saturated carbocycles. The van der Waals surface area contributed by atoms with Gasteiger partial charge in [-0.2, -0.15) is 8.75 Å². The van der Waals surface area contributed by atoms with Gasteiger partial charge in [0, 0.05) is 13.2 Å². The molecule has 1 fully saturated rings. The molecule has 1 unspecified atom stereocenters. The predicted octanol–water partition coefficient (Wildman–Crippen LogP) is 2.79. The second kappa shape index (κ2) is 7.81. The van der Waals surface area contributed by atoms with Crippen molar-refractivity contribution in [1.29, 1.82) is 0 Å². The van der Waals surface area contributed by atoms with Crippen molar-refractivity contribution >= 4 is 11.7 Å². The van der Waals surface area contributed by atoms with Crippen molar-refractivity contribution in [3.05, 3.63) is 11.9 Å². The highest BCUT2D eigenvalue weighted by Crippen LogP contribution is 2.23. The number of unbranched alkanes of at least 4 members (excludes halogenated alkanes) is 1. The number of nitrogens with one attached hydrogen (secondary N) is 1. The van der Waals surface area contributed by atoms with E-state index in [0.29, 0.717) is 6.04 Å². The van der Waals surface area contributed by atoms with Crippen LogP contribution in [0, 0.1) is 5.92 Å². The Hall–Kier alpha value is -0.520. The maximum Gasteiger partial charge on any atom is 0.0912 e. The molecule has 1 atom stereocenters. The first kappa shape index (κ1) is 13.9. The Kier molecular flexibility index (Phi) is 6.04. The van der Waals surface area contributed by atoms with Crippen molar-refractivity contribution in [2.45, 2.75) is 44.6 Å². The van der Waals surface area contributed by atoms with Crippen molar-refractivity contribution in [2.75, 3.05) is 20.3 Å². The van der Waals surface area contributed by atoms with Gasteiger partial charge in [0.1, 0.15) is 0 Å². The second-order valence-corrected chi connectivity index (χ2v) is 5.57. The summed E-state index contributed by atoms with van der Waals surface area (Å²) in [6.45, 7) is 1.93. The quantitative estimate of drug-likeness (QED) is 0.773. The van der Waals surface area contributed by atoms with Crippen LogP contribution < -0.4 is 5.32 Å². The molecule has 0 aromatic carbocycles. The summed E-state index contributed by atoms with van der Waals surface area (Å²) in [4.78, 5) is 0. The zero-order chi connectivity index (χ0) is 12.6. The van der Waals surface area contributed by atoms with Crippen molar-refractivity contribution < 1.29 is 4.74 Å². The number of hydrogen-bond donors (Lipinski definition) is 1. The monoisotopic (exact) mass is 269 g/mol. The standard InChI is InChI=1S/C13H23N3OS/c1-14-12(13-10-15-18-16-13)5-3-2-4-11-6-8-17-9-7-11/h10-12,14H,2-9H2,1H3. The zero-order valence-electron chi connectivity index (χ0n) is 11.1. The fourth-order valence-corrected chi connectivity index (χ4v) is 3.05. The summed E-state index contributed by atoms with van der Waals surface area (Å²) in [5.41, 5.74) is 1.09. The van der Waals surface area contributed by atoms with Gasteiger partial charge >= 0.3 is 0 Å². The Bertz CT molecular complexity index is 312. The molecule has 18 heavy (non-hydrogen) atoms. The van der Waals surface area contributed by atoms with Gasteiger partial charge in [0.25, 0.3) is 0 Å². The number of ether oxygens (including phenoxy) is 1. The van der Waals surface area contributed by atoms with Gasteiger partial charge in [0.2, 0.25) is 0 Å². The molecule has 5 heteroatoms. The van der Waals surface area contributed by atoms with Crippen LogP contribution in [0.5, 0.6) is 0 Å². The molecule has 1 saturated heterocycles. The van der Waals surface area contributed by atoms with Gasteiger partial charge in [-0.25, -0.2) is 0 Å². The Morgan fingerprint density at radius 3 is 2.94 bits per heavy atom. The van der Waals surface area contributed by atoms with Gasteiger partial charge in [0.15, 0.2) is 0 Å².